The highest BCUT2D eigenvalue weighted by Crippen LogP contribution is 2.34. The molecule has 6 heteroatoms. The molecule has 0 bridgehead atoms. The van der Waals surface area contributed by atoms with Gasteiger partial charge in [-0.15, -0.1) is 0 Å². The van der Waals surface area contributed by atoms with E-state index in [0.717, 1.165) is 17.1 Å². The Morgan fingerprint density at radius 3 is 2.63 bits per heavy atom. The van der Waals surface area contributed by atoms with Gasteiger partial charge in [0.25, 0.3) is 5.91 Å². The normalized spacial score (nSPS) is 11.9. The van der Waals surface area contributed by atoms with Gasteiger partial charge in [-0.2, -0.15) is 0 Å². The van der Waals surface area contributed by atoms with Crippen molar-refractivity contribution < 1.29 is 14.3 Å². The quantitative estimate of drug-likeness (QED) is 0.737. The molecule has 1 aliphatic heterocycles. The van der Waals surface area contributed by atoms with Crippen LogP contribution in [0.4, 0.5) is 17.2 Å². The number of rotatable bonds is 5. The monoisotopic (exact) mass is 361 g/mol. The molecule has 0 unspecified atom stereocenters. The molecule has 0 saturated heterocycles. The van der Waals surface area contributed by atoms with Crippen molar-refractivity contribution in [2.75, 3.05) is 23.6 Å². The lowest BCUT2D eigenvalue weighted by Gasteiger charge is -2.21. The fourth-order valence-corrected chi connectivity index (χ4v) is 2.92. The van der Waals surface area contributed by atoms with Gasteiger partial charge in [0.05, 0.1) is 5.56 Å². The van der Waals surface area contributed by atoms with Crippen molar-refractivity contribution in [3.05, 3.63) is 72.4 Å². The van der Waals surface area contributed by atoms with Crippen LogP contribution in [0.1, 0.15) is 17.3 Å². The van der Waals surface area contributed by atoms with Gasteiger partial charge in [0, 0.05) is 30.2 Å². The molecule has 1 N–H and O–H groups in total. The summed E-state index contributed by atoms with van der Waals surface area (Å²) < 4.78 is 10.7. The highest BCUT2D eigenvalue weighted by molar-refractivity contribution is 6.05. The van der Waals surface area contributed by atoms with Crippen LogP contribution < -0.4 is 19.7 Å². The average molecular weight is 361 g/mol. The van der Waals surface area contributed by atoms with E-state index in [2.05, 4.69) is 10.3 Å². The molecule has 3 aromatic rings. The van der Waals surface area contributed by atoms with Crippen LogP contribution in [0.2, 0.25) is 0 Å². The summed E-state index contributed by atoms with van der Waals surface area (Å²) in [6, 6.07) is 18.8. The number of para-hydroxylation sites is 1. The molecule has 0 spiro atoms. The summed E-state index contributed by atoms with van der Waals surface area (Å²) >= 11 is 0. The number of nitrogens with one attached hydrogen (secondary N) is 1. The zero-order chi connectivity index (χ0) is 18.6. The van der Waals surface area contributed by atoms with Crippen molar-refractivity contribution in [3.63, 3.8) is 0 Å². The highest BCUT2D eigenvalue weighted by Gasteiger charge is 2.17. The maximum absolute atomic E-state index is 12.8. The third kappa shape index (κ3) is 3.55. The minimum atomic E-state index is -0.0779. The summed E-state index contributed by atoms with van der Waals surface area (Å²) in [4.78, 5) is 18.9. The molecule has 0 atom stereocenters. The Morgan fingerprint density at radius 2 is 1.89 bits per heavy atom. The van der Waals surface area contributed by atoms with Crippen molar-refractivity contribution in [1.29, 1.82) is 0 Å². The molecule has 2 heterocycles. The van der Waals surface area contributed by atoms with Crippen molar-refractivity contribution >= 4 is 23.1 Å². The maximum Gasteiger partial charge on any atom is 0.259 e. The predicted molar refractivity (Wildman–Crippen MR) is 104 cm³/mol. The lowest BCUT2D eigenvalue weighted by Crippen LogP contribution is -2.30. The number of benzene rings is 2. The van der Waals surface area contributed by atoms with Crippen LogP contribution >= 0.6 is 0 Å². The molecule has 0 fully saturated rings. The maximum atomic E-state index is 12.8. The topological polar surface area (TPSA) is 63.7 Å². The second-order valence-electron chi connectivity index (χ2n) is 6.01. The predicted octanol–water partition coefficient (Wildman–Crippen LogP) is 4.22. The van der Waals surface area contributed by atoms with Gasteiger partial charge in [0.2, 0.25) is 6.79 Å². The molecule has 1 aliphatic rings. The highest BCUT2D eigenvalue weighted by atomic mass is 16.7. The first-order valence-corrected chi connectivity index (χ1v) is 8.74. The molecule has 1 amide bonds. The van der Waals surface area contributed by atoms with E-state index >= 15 is 0 Å². The second kappa shape index (κ2) is 7.37. The molecule has 136 valence electrons. The Labute approximate surface area is 157 Å². The third-order valence-electron chi connectivity index (χ3n) is 4.28. The van der Waals surface area contributed by atoms with Crippen molar-refractivity contribution in [3.8, 4) is 11.5 Å². The van der Waals surface area contributed by atoms with Crippen LogP contribution in [-0.2, 0) is 0 Å². The second-order valence-corrected chi connectivity index (χ2v) is 6.01. The molecule has 4 rings (SSSR count). The van der Waals surface area contributed by atoms with Crippen LogP contribution in [0.15, 0.2) is 66.9 Å². The first kappa shape index (κ1) is 16.9. The molecule has 0 saturated carbocycles. The summed E-state index contributed by atoms with van der Waals surface area (Å²) in [5.41, 5.74) is 2.25. The third-order valence-corrected chi connectivity index (χ3v) is 4.28. The molecule has 2 aromatic carbocycles. The van der Waals surface area contributed by atoms with Crippen LogP contribution in [0.3, 0.4) is 0 Å². The van der Waals surface area contributed by atoms with Gasteiger partial charge in [0.1, 0.15) is 5.82 Å². The van der Waals surface area contributed by atoms with E-state index in [0.29, 0.717) is 23.7 Å². The van der Waals surface area contributed by atoms with Crippen molar-refractivity contribution in [1.82, 2.24) is 4.98 Å². The summed E-state index contributed by atoms with van der Waals surface area (Å²) in [6.07, 6.45) is 1.59. The van der Waals surface area contributed by atoms with Crippen LogP contribution in [0, 0.1) is 0 Å². The molecule has 0 aliphatic carbocycles. The van der Waals surface area contributed by atoms with Gasteiger partial charge < -0.3 is 19.7 Å². The molecule has 0 radical (unpaired) electrons. The van der Waals surface area contributed by atoms with E-state index in [1.54, 1.807) is 23.2 Å². The minimum Gasteiger partial charge on any atom is -0.454 e. The Bertz CT molecular complexity index is 943. The van der Waals surface area contributed by atoms with Gasteiger partial charge in [-0.3, -0.25) is 4.79 Å². The molecular formula is C21H19N3O3. The summed E-state index contributed by atoms with van der Waals surface area (Å²) in [7, 11) is 0. The van der Waals surface area contributed by atoms with E-state index in [9.17, 15) is 4.79 Å². The van der Waals surface area contributed by atoms with Gasteiger partial charge in [-0.05, 0) is 43.3 Å². The number of anilines is 3. The van der Waals surface area contributed by atoms with Crippen LogP contribution in [-0.4, -0.2) is 24.2 Å². The molecule has 1 aromatic heterocycles. The Morgan fingerprint density at radius 1 is 1.07 bits per heavy atom. The molecule has 6 nitrogen and oxygen atoms in total. The molecular weight excluding hydrogens is 342 g/mol. The van der Waals surface area contributed by atoms with Crippen molar-refractivity contribution in [2.24, 2.45) is 0 Å². The Kier molecular flexibility index (Phi) is 4.61. The van der Waals surface area contributed by atoms with Crippen LogP contribution in [0.5, 0.6) is 11.5 Å². The average Bonchev–Trinajstić information content (AvgIpc) is 3.18. The van der Waals surface area contributed by atoms with E-state index in [4.69, 9.17) is 9.47 Å². The van der Waals surface area contributed by atoms with Gasteiger partial charge in [-0.1, -0.05) is 18.2 Å². The lowest BCUT2D eigenvalue weighted by atomic mass is 10.2. The number of carbonyl (C=O) groups is 1. The summed E-state index contributed by atoms with van der Waals surface area (Å²) in [5.74, 6) is 2.00. The van der Waals surface area contributed by atoms with E-state index < -0.39 is 0 Å². The number of nitrogens with zero attached hydrogens (tertiary/aromatic N) is 2. The zero-order valence-corrected chi connectivity index (χ0v) is 14.9. The van der Waals surface area contributed by atoms with Crippen LogP contribution in [0.25, 0.3) is 0 Å². The van der Waals surface area contributed by atoms with Crippen molar-refractivity contribution in [2.45, 2.75) is 6.92 Å². The van der Waals surface area contributed by atoms with Gasteiger partial charge >= 0.3 is 0 Å². The first-order chi connectivity index (χ1) is 13.2. The smallest absolute Gasteiger partial charge is 0.259 e. The number of hydrogen-bond acceptors (Lipinski definition) is 5. The summed E-state index contributed by atoms with van der Waals surface area (Å²) in [6.45, 7) is 2.77. The van der Waals surface area contributed by atoms with Gasteiger partial charge in [0.15, 0.2) is 11.5 Å². The number of pyridine rings is 1. The number of fused-ring (bicyclic) bond motifs is 1. The first-order valence-electron chi connectivity index (χ1n) is 8.74. The fraction of sp³-hybridized carbons (Fsp3) is 0.143. The lowest BCUT2D eigenvalue weighted by molar-refractivity contribution is 0.0988. The minimum absolute atomic E-state index is 0.0779. The number of hydrogen-bond donors (Lipinski definition) is 1. The number of ether oxygens (including phenoxy) is 2. The number of carbonyl (C=O) groups excluding carboxylic acids is 1. The summed E-state index contributed by atoms with van der Waals surface area (Å²) in [5, 5.41) is 3.20. The Hall–Kier alpha value is -3.54. The standard InChI is InChI=1S/C21H19N3O3/c1-2-24(17-6-4-3-5-7-17)21(25)15-8-11-20(22-13-15)23-16-9-10-18-19(12-16)27-14-26-18/h3-13H,2,14H2,1H3,(H,22,23). The Balaban J connectivity index is 1.49. The van der Waals surface area contributed by atoms with Gasteiger partial charge in [-0.25, -0.2) is 4.98 Å². The fourth-order valence-electron chi connectivity index (χ4n) is 2.92. The number of amides is 1. The van der Waals surface area contributed by atoms with E-state index in [1.165, 1.54) is 0 Å². The number of aromatic nitrogens is 1. The van der Waals surface area contributed by atoms with E-state index in [-0.39, 0.29) is 12.7 Å². The zero-order valence-electron chi connectivity index (χ0n) is 14.9. The molecule has 27 heavy (non-hydrogen) atoms. The van der Waals surface area contributed by atoms with E-state index in [1.807, 2.05) is 55.5 Å². The largest absolute Gasteiger partial charge is 0.454 e. The SMILES string of the molecule is CCN(C(=O)c1ccc(Nc2ccc3c(c2)OCO3)nc1)c1ccccc1.